The lowest BCUT2D eigenvalue weighted by molar-refractivity contribution is -0.137. The van der Waals surface area contributed by atoms with Crippen molar-refractivity contribution in [3.8, 4) is 5.75 Å². The minimum absolute atomic E-state index is 0.0906. The first kappa shape index (κ1) is 32.9. The summed E-state index contributed by atoms with van der Waals surface area (Å²) in [5.74, 6) is -0.588. The smallest absolute Gasteiger partial charge is 0.416 e. The van der Waals surface area contributed by atoms with Crippen LogP contribution in [0.2, 0.25) is 0 Å². The van der Waals surface area contributed by atoms with Crippen LogP contribution in [0.15, 0.2) is 42.5 Å². The second-order valence-electron chi connectivity index (χ2n) is 11.6. The summed E-state index contributed by atoms with van der Waals surface area (Å²) in [5, 5.41) is 18.1. The van der Waals surface area contributed by atoms with Crippen molar-refractivity contribution in [1.82, 2.24) is 15.1 Å². The van der Waals surface area contributed by atoms with E-state index in [1.807, 2.05) is 6.92 Å². The molecule has 2 aliphatic rings. The highest BCUT2D eigenvalue weighted by Crippen LogP contribution is 2.35. The monoisotopic (exact) mass is 619 g/mol. The maximum absolute atomic E-state index is 13.7. The molecule has 0 radical (unpaired) electrons. The quantitative estimate of drug-likeness (QED) is 0.324. The van der Waals surface area contributed by atoms with Gasteiger partial charge in [-0.2, -0.15) is 13.2 Å². The Morgan fingerprint density at radius 1 is 1.09 bits per heavy atom. The average Bonchev–Trinajstić information content (AvgIpc) is 2.99. The molecule has 1 fully saturated rings. The van der Waals surface area contributed by atoms with Gasteiger partial charge < -0.3 is 35.6 Å². The van der Waals surface area contributed by atoms with Crippen LogP contribution in [-0.2, 0) is 6.18 Å². The molecule has 4 N–H and O–H groups in total. The maximum atomic E-state index is 13.7. The number of hydrogen-bond acceptors (Lipinski definition) is 5. The van der Waals surface area contributed by atoms with Gasteiger partial charge in [0, 0.05) is 31.2 Å². The van der Waals surface area contributed by atoms with Crippen molar-refractivity contribution in [2.75, 3.05) is 37.4 Å². The summed E-state index contributed by atoms with van der Waals surface area (Å²) in [4.78, 5) is 42.7. The van der Waals surface area contributed by atoms with Gasteiger partial charge in [0.1, 0.15) is 6.10 Å². The molecule has 44 heavy (non-hydrogen) atoms. The zero-order valence-electron chi connectivity index (χ0n) is 25.1. The van der Waals surface area contributed by atoms with E-state index in [1.165, 1.54) is 0 Å². The van der Waals surface area contributed by atoms with Crippen molar-refractivity contribution >= 4 is 29.3 Å². The first-order valence-electron chi connectivity index (χ1n) is 14.9. The fourth-order valence-electron chi connectivity index (χ4n) is 5.47. The van der Waals surface area contributed by atoms with E-state index in [0.29, 0.717) is 0 Å². The van der Waals surface area contributed by atoms with Gasteiger partial charge in [-0.25, -0.2) is 9.59 Å². The second kappa shape index (κ2) is 14.2. The van der Waals surface area contributed by atoms with E-state index in [0.717, 1.165) is 56.4 Å². The molecule has 4 rings (SSSR count). The number of likely N-dealkylation sites (N-methyl/N-ethyl adjacent to an activating group) is 1. The van der Waals surface area contributed by atoms with Gasteiger partial charge in [-0.05, 0) is 56.2 Å². The Kier molecular flexibility index (Phi) is 10.6. The van der Waals surface area contributed by atoms with Crippen molar-refractivity contribution in [2.24, 2.45) is 5.92 Å². The van der Waals surface area contributed by atoms with E-state index >= 15 is 0 Å². The van der Waals surface area contributed by atoms with Gasteiger partial charge in [0.25, 0.3) is 5.91 Å². The Balaban J connectivity index is 1.57. The van der Waals surface area contributed by atoms with Crippen LogP contribution in [0.1, 0.15) is 61.9 Å². The number of nitrogens with one attached hydrogen (secondary N) is 3. The Morgan fingerprint density at radius 2 is 1.77 bits per heavy atom. The lowest BCUT2D eigenvalue weighted by atomic mass is 9.96. The minimum Gasteiger partial charge on any atom is -0.485 e. The predicted molar refractivity (Wildman–Crippen MR) is 160 cm³/mol. The van der Waals surface area contributed by atoms with Crippen molar-refractivity contribution in [3.63, 3.8) is 0 Å². The van der Waals surface area contributed by atoms with Gasteiger partial charge >= 0.3 is 18.2 Å². The van der Waals surface area contributed by atoms with Crippen LogP contribution in [0.25, 0.3) is 0 Å². The van der Waals surface area contributed by atoms with Gasteiger partial charge in [0.2, 0.25) is 0 Å². The molecule has 0 saturated heterocycles. The second-order valence-corrected chi connectivity index (χ2v) is 11.6. The van der Waals surface area contributed by atoms with Gasteiger partial charge in [0.05, 0.1) is 36.0 Å². The molecule has 1 aliphatic heterocycles. The molecule has 2 aromatic rings. The third-order valence-electron chi connectivity index (χ3n) is 8.14. The third kappa shape index (κ3) is 8.13. The molecular formula is C31H40F3N5O5. The lowest BCUT2D eigenvalue weighted by Crippen LogP contribution is -2.52. The highest BCUT2D eigenvalue weighted by atomic mass is 19.4. The van der Waals surface area contributed by atoms with Gasteiger partial charge in [-0.15, -0.1) is 0 Å². The fraction of sp³-hybridized carbons (Fsp3) is 0.516. The molecular weight excluding hydrogens is 579 g/mol. The van der Waals surface area contributed by atoms with E-state index in [9.17, 15) is 32.7 Å². The minimum atomic E-state index is -4.51. The summed E-state index contributed by atoms with van der Waals surface area (Å²) < 4.78 is 45.2. The van der Waals surface area contributed by atoms with Crippen molar-refractivity contribution < 1.29 is 37.4 Å². The number of urea groups is 2. The number of hydrogen-bond donors (Lipinski definition) is 4. The van der Waals surface area contributed by atoms with E-state index in [1.54, 1.807) is 42.0 Å². The summed E-state index contributed by atoms with van der Waals surface area (Å²) >= 11 is 0. The number of fused-ring (bicyclic) bond motifs is 1. The van der Waals surface area contributed by atoms with Crippen LogP contribution < -0.4 is 20.7 Å². The van der Waals surface area contributed by atoms with Crippen LogP contribution in [0.4, 0.5) is 34.1 Å². The Morgan fingerprint density at radius 3 is 2.41 bits per heavy atom. The molecule has 2 aromatic carbocycles. The number of aliphatic hydroxyl groups excluding tert-OH is 1. The summed E-state index contributed by atoms with van der Waals surface area (Å²) in [5.41, 5.74) is -0.403. The van der Waals surface area contributed by atoms with E-state index < -0.39 is 35.8 Å². The summed E-state index contributed by atoms with van der Waals surface area (Å²) in [7, 11) is 1.68. The molecule has 0 spiro atoms. The first-order valence-corrected chi connectivity index (χ1v) is 14.9. The van der Waals surface area contributed by atoms with Crippen LogP contribution in [0, 0.1) is 5.92 Å². The van der Waals surface area contributed by atoms with Crippen LogP contribution >= 0.6 is 0 Å². The van der Waals surface area contributed by atoms with E-state index in [4.69, 9.17) is 4.74 Å². The number of benzene rings is 2. The maximum Gasteiger partial charge on any atom is 0.416 e. The Bertz CT molecular complexity index is 1320. The number of carbonyl (C=O) groups excluding carboxylic acids is 3. The molecule has 1 saturated carbocycles. The van der Waals surface area contributed by atoms with Gasteiger partial charge in [-0.3, -0.25) is 4.79 Å². The molecule has 5 amide bonds. The molecule has 1 heterocycles. The van der Waals surface area contributed by atoms with Gasteiger partial charge in [-0.1, -0.05) is 32.3 Å². The number of aliphatic hydroxyl groups is 1. The number of alkyl halides is 3. The molecule has 1 aliphatic carbocycles. The molecule has 240 valence electrons. The van der Waals surface area contributed by atoms with Crippen LogP contribution in [0.3, 0.4) is 0 Å². The van der Waals surface area contributed by atoms with Crippen molar-refractivity contribution in [2.45, 2.75) is 70.3 Å². The Labute approximate surface area is 254 Å². The highest BCUT2D eigenvalue weighted by Gasteiger charge is 2.35. The molecule has 10 nitrogen and oxygen atoms in total. The summed E-state index contributed by atoms with van der Waals surface area (Å²) in [6.45, 7) is 3.79. The number of carbonyl (C=O) groups is 3. The van der Waals surface area contributed by atoms with E-state index in [-0.39, 0.29) is 60.4 Å². The summed E-state index contributed by atoms with van der Waals surface area (Å²) in [6, 6.07) is 7.28. The normalized spacial score (nSPS) is 20.0. The molecule has 0 bridgehead atoms. The summed E-state index contributed by atoms with van der Waals surface area (Å²) in [6.07, 6.45) is 0.0664. The predicted octanol–water partition coefficient (Wildman–Crippen LogP) is 5.54. The first-order chi connectivity index (χ1) is 20.9. The van der Waals surface area contributed by atoms with Crippen LogP contribution in [0.5, 0.6) is 5.75 Å². The number of anilines is 2. The largest absolute Gasteiger partial charge is 0.485 e. The number of para-hydroxylation sites is 1. The molecule has 0 aromatic heterocycles. The Hall–Kier alpha value is -4.00. The topological polar surface area (TPSA) is 123 Å². The van der Waals surface area contributed by atoms with Crippen molar-refractivity contribution in [3.05, 3.63) is 53.6 Å². The van der Waals surface area contributed by atoms with Crippen LogP contribution in [-0.4, -0.2) is 77.8 Å². The molecule has 3 atom stereocenters. The third-order valence-corrected chi connectivity index (χ3v) is 8.14. The molecule has 13 heteroatoms. The SMILES string of the molecule is C[C@@H]1CN([C@@H](C)CO)C(=O)c2cccc(NC(=O)Nc3ccc(C(F)(F)F)cc3)c2O[C@@H]1CN(C)C(=O)NC1CCCCC1. The zero-order chi connectivity index (χ0) is 32.0. The number of ether oxygens (including phenoxy) is 1. The number of nitrogens with zero attached hydrogens (tertiary/aromatic N) is 2. The zero-order valence-corrected chi connectivity index (χ0v) is 25.1. The number of amides is 5. The standard InChI is InChI=1S/C31H40F3N5O5/c1-19-16-39(20(2)18-40)28(41)24-10-7-11-25(37-29(42)35-23-14-12-21(13-15-23)31(32,33)34)27(24)44-26(19)17-38(3)30(43)36-22-8-5-4-6-9-22/h7,10-15,19-20,22,26,40H,4-6,8-9,16-18H2,1-3H3,(H,36,43)(H2,35,37,42)/t19-,20+,26-/m1/s1. The van der Waals surface area contributed by atoms with Gasteiger partial charge in [0.15, 0.2) is 5.75 Å². The van der Waals surface area contributed by atoms with Crippen molar-refractivity contribution in [1.29, 1.82) is 0 Å². The van der Waals surface area contributed by atoms with E-state index in [2.05, 4.69) is 16.0 Å². The average molecular weight is 620 g/mol. The number of rotatable bonds is 7. The fourth-order valence-corrected chi connectivity index (χ4v) is 5.47. The molecule has 0 unspecified atom stereocenters. The lowest BCUT2D eigenvalue weighted by Gasteiger charge is -2.38. The highest BCUT2D eigenvalue weighted by molar-refractivity contribution is 6.04. The number of halogens is 3.